The number of amides is 1. The van der Waals surface area contributed by atoms with Crippen LogP contribution in [0, 0.1) is 0 Å². The number of likely N-dealkylation sites (tertiary alicyclic amines) is 2. The molecular weight excluding hydrogens is 612 g/mol. The van der Waals surface area contributed by atoms with Crippen molar-refractivity contribution in [3.8, 4) is 17.0 Å². The highest BCUT2D eigenvalue weighted by molar-refractivity contribution is 9.10. The second kappa shape index (κ2) is 14.2. The molecule has 6 rings (SSSR count). The minimum Gasteiger partial charge on any atom is -0.495 e. The normalized spacial score (nSPS) is 17.4. The molecule has 0 saturated carbocycles. The minimum atomic E-state index is -0.0954. The first-order valence-corrected chi connectivity index (χ1v) is 16.9. The van der Waals surface area contributed by atoms with Gasteiger partial charge in [-0.2, -0.15) is 0 Å². The van der Waals surface area contributed by atoms with Gasteiger partial charge in [-0.15, -0.1) is 0 Å². The van der Waals surface area contributed by atoms with Crippen LogP contribution in [-0.4, -0.2) is 60.0 Å². The first kappa shape index (κ1) is 30.8. The van der Waals surface area contributed by atoms with Crippen molar-refractivity contribution >= 4 is 32.7 Å². The van der Waals surface area contributed by atoms with E-state index in [2.05, 4.69) is 62.2 Å². The molecule has 3 heterocycles. The second-order valence-corrected chi connectivity index (χ2v) is 12.9. The molecular formula is C37H43BrN4O2. The Morgan fingerprint density at radius 2 is 1.64 bits per heavy atom. The summed E-state index contributed by atoms with van der Waals surface area (Å²) < 4.78 is 6.41. The average Bonchev–Trinajstić information content (AvgIpc) is 3.08. The van der Waals surface area contributed by atoms with E-state index in [1.165, 1.54) is 32.4 Å². The van der Waals surface area contributed by atoms with Gasteiger partial charge < -0.3 is 15.0 Å². The molecule has 7 heteroatoms. The zero-order chi connectivity index (χ0) is 30.5. The van der Waals surface area contributed by atoms with Gasteiger partial charge in [-0.3, -0.25) is 9.69 Å². The summed E-state index contributed by atoms with van der Waals surface area (Å²) in [5.41, 5.74) is 5.37. The fourth-order valence-corrected chi connectivity index (χ4v) is 7.61. The molecule has 0 spiro atoms. The quantitative estimate of drug-likeness (QED) is 0.198. The third-order valence-corrected chi connectivity index (χ3v) is 10.2. The molecule has 44 heavy (non-hydrogen) atoms. The van der Waals surface area contributed by atoms with Crippen molar-refractivity contribution in [3.63, 3.8) is 0 Å². The van der Waals surface area contributed by atoms with Gasteiger partial charge >= 0.3 is 0 Å². The van der Waals surface area contributed by atoms with Crippen molar-refractivity contribution < 1.29 is 9.53 Å². The Kier molecular flexibility index (Phi) is 9.95. The number of piperidine rings is 2. The van der Waals surface area contributed by atoms with Crippen molar-refractivity contribution in [2.45, 2.75) is 64.1 Å². The smallest absolute Gasteiger partial charge is 0.252 e. The molecule has 1 amide bonds. The van der Waals surface area contributed by atoms with Crippen molar-refractivity contribution in [2.24, 2.45) is 0 Å². The van der Waals surface area contributed by atoms with Gasteiger partial charge in [0.1, 0.15) is 5.75 Å². The van der Waals surface area contributed by atoms with Crippen LogP contribution >= 0.6 is 15.9 Å². The van der Waals surface area contributed by atoms with E-state index in [-0.39, 0.29) is 11.9 Å². The summed E-state index contributed by atoms with van der Waals surface area (Å²) >= 11 is 3.77. The molecule has 2 aliphatic rings. The lowest BCUT2D eigenvalue weighted by Gasteiger charge is -2.40. The molecule has 1 N–H and O–H groups in total. The molecule has 6 nitrogen and oxygen atoms in total. The Hall–Kier alpha value is -3.26. The number of pyridine rings is 1. The summed E-state index contributed by atoms with van der Waals surface area (Å²) in [7, 11) is 1.66. The van der Waals surface area contributed by atoms with Crippen LogP contribution in [0.4, 0.5) is 0 Å². The van der Waals surface area contributed by atoms with E-state index in [4.69, 9.17) is 9.72 Å². The third-order valence-electron chi connectivity index (χ3n) is 9.42. The number of aromatic nitrogens is 1. The second-order valence-electron chi connectivity index (χ2n) is 12.1. The summed E-state index contributed by atoms with van der Waals surface area (Å²) in [5, 5.41) is 4.24. The number of nitrogens with zero attached hydrogens (tertiary/aromatic N) is 3. The van der Waals surface area contributed by atoms with Crippen LogP contribution in [0.3, 0.4) is 0 Å². The Balaban J connectivity index is 1.43. The molecule has 0 unspecified atom stereocenters. The minimum absolute atomic E-state index is 0.0689. The first-order valence-electron chi connectivity index (χ1n) is 16.1. The maximum atomic E-state index is 14.6. The summed E-state index contributed by atoms with van der Waals surface area (Å²) in [6, 6.07) is 25.0. The van der Waals surface area contributed by atoms with E-state index < -0.39 is 0 Å². The van der Waals surface area contributed by atoms with Gasteiger partial charge in [-0.05, 0) is 91.9 Å². The molecule has 230 valence electrons. The maximum Gasteiger partial charge on any atom is 0.252 e. The first-order chi connectivity index (χ1) is 21.6. The number of fused-ring (bicyclic) bond motifs is 1. The van der Waals surface area contributed by atoms with E-state index in [1.807, 2.05) is 48.5 Å². The number of hydrogen-bond acceptors (Lipinski definition) is 5. The molecule has 0 aliphatic carbocycles. The van der Waals surface area contributed by atoms with Gasteiger partial charge in [-0.25, -0.2) is 4.98 Å². The van der Waals surface area contributed by atoms with Crippen LogP contribution in [0.5, 0.6) is 5.75 Å². The van der Waals surface area contributed by atoms with Gasteiger partial charge in [0.05, 0.1) is 34.4 Å². The number of carbonyl (C=O) groups excluding carboxylic acids is 1. The van der Waals surface area contributed by atoms with E-state index in [9.17, 15) is 4.79 Å². The van der Waals surface area contributed by atoms with Gasteiger partial charge in [0.15, 0.2) is 0 Å². The number of halogens is 1. The topological polar surface area (TPSA) is 57.7 Å². The van der Waals surface area contributed by atoms with E-state index >= 15 is 0 Å². The third kappa shape index (κ3) is 6.56. The van der Waals surface area contributed by atoms with Gasteiger partial charge in [0.2, 0.25) is 0 Å². The number of methoxy groups -OCH3 is 1. The predicted molar refractivity (Wildman–Crippen MR) is 182 cm³/mol. The fourth-order valence-electron chi connectivity index (χ4n) is 7.01. The van der Waals surface area contributed by atoms with Crippen LogP contribution in [-0.2, 0) is 6.54 Å². The summed E-state index contributed by atoms with van der Waals surface area (Å²) in [4.78, 5) is 25.1. The van der Waals surface area contributed by atoms with Crippen molar-refractivity contribution in [1.29, 1.82) is 0 Å². The fraction of sp³-hybridized carbons (Fsp3) is 0.405. The Morgan fingerprint density at radius 3 is 2.30 bits per heavy atom. The summed E-state index contributed by atoms with van der Waals surface area (Å²) in [6.45, 7) is 7.30. The standard InChI is InChI=1S/C37H43BrN4O2/c1-3-31(26-13-7-4-8-14-26)39-37(43)33-29-17-18-32(44-2)34(38)36(29)40-35(27-15-9-5-10-16-27)30(33)25-41-23-19-28(20-24-41)42-21-11-6-12-22-42/h4-5,7-10,13-18,28,31H,3,6,11-12,19-25H2,1-2H3,(H,39,43)/t31-/m0/s1. The van der Waals surface area contributed by atoms with Crippen molar-refractivity contribution in [2.75, 3.05) is 33.3 Å². The number of benzene rings is 3. The number of nitrogens with one attached hydrogen (secondary N) is 1. The van der Waals surface area contributed by atoms with E-state index in [0.29, 0.717) is 23.9 Å². The SMILES string of the molecule is CC[C@H](NC(=O)c1c(CN2CCC(N3CCCCC3)CC2)c(-c2ccccc2)nc2c(Br)c(OC)ccc12)c1ccccc1. The highest BCUT2D eigenvalue weighted by atomic mass is 79.9. The van der Waals surface area contributed by atoms with Gasteiger partial charge in [0.25, 0.3) is 5.91 Å². The monoisotopic (exact) mass is 654 g/mol. The van der Waals surface area contributed by atoms with E-state index in [1.54, 1.807) is 7.11 Å². The summed E-state index contributed by atoms with van der Waals surface area (Å²) in [6.07, 6.45) is 7.13. The van der Waals surface area contributed by atoms with Crippen LogP contribution in [0.15, 0.2) is 77.3 Å². The van der Waals surface area contributed by atoms with Crippen molar-refractivity contribution in [3.05, 3.63) is 94.0 Å². The zero-order valence-electron chi connectivity index (χ0n) is 25.9. The molecule has 2 saturated heterocycles. The maximum absolute atomic E-state index is 14.6. The Labute approximate surface area is 269 Å². The highest BCUT2D eigenvalue weighted by Crippen LogP contribution is 2.39. The number of rotatable bonds is 9. The van der Waals surface area contributed by atoms with Crippen LogP contribution < -0.4 is 10.1 Å². The lowest BCUT2D eigenvalue weighted by atomic mass is 9.93. The Bertz CT molecular complexity index is 1570. The lowest BCUT2D eigenvalue weighted by Crippen LogP contribution is -2.46. The average molecular weight is 656 g/mol. The van der Waals surface area contributed by atoms with Gasteiger partial charge in [0, 0.05) is 29.1 Å². The highest BCUT2D eigenvalue weighted by Gasteiger charge is 2.30. The molecule has 1 aromatic heterocycles. The van der Waals surface area contributed by atoms with E-state index in [0.717, 1.165) is 70.1 Å². The molecule has 0 bridgehead atoms. The lowest BCUT2D eigenvalue weighted by molar-refractivity contribution is 0.0883. The molecule has 1 atom stereocenters. The number of ether oxygens (including phenoxy) is 1. The molecule has 4 aromatic rings. The Morgan fingerprint density at radius 1 is 0.955 bits per heavy atom. The van der Waals surface area contributed by atoms with Crippen LogP contribution in [0.25, 0.3) is 22.2 Å². The number of carbonyl (C=O) groups is 1. The molecule has 2 aliphatic heterocycles. The molecule has 0 radical (unpaired) electrons. The van der Waals surface area contributed by atoms with Crippen molar-refractivity contribution in [1.82, 2.24) is 20.1 Å². The largest absolute Gasteiger partial charge is 0.495 e. The zero-order valence-corrected chi connectivity index (χ0v) is 27.5. The van der Waals surface area contributed by atoms with Crippen LogP contribution in [0.1, 0.15) is 73.0 Å². The number of hydrogen-bond donors (Lipinski definition) is 1. The molecule has 2 fully saturated rings. The summed E-state index contributed by atoms with van der Waals surface area (Å²) in [5.74, 6) is 0.624. The van der Waals surface area contributed by atoms with Crippen LogP contribution in [0.2, 0.25) is 0 Å². The van der Waals surface area contributed by atoms with Gasteiger partial charge in [-0.1, -0.05) is 74.0 Å². The predicted octanol–water partition coefficient (Wildman–Crippen LogP) is 8.00. The molecule has 3 aromatic carbocycles.